The summed E-state index contributed by atoms with van der Waals surface area (Å²) in [6, 6.07) is 7.24. The summed E-state index contributed by atoms with van der Waals surface area (Å²) in [5, 5.41) is 0. The van der Waals surface area contributed by atoms with Crippen LogP contribution < -0.4 is 0 Å². The molecule has 0 bridgehead atoms. The van der Waals surface area contributed by atoms with E-state index in [1.807, 2.05) is 12.1 Å². The van der Waals surface area contributed by atoms with E-state index >= 15 is 0 Å². The van der Waals surface area contributed by atoms with Crippen molar-refractivity contribution < 1.29 is 14.3 Å². The fourth-order valence-electron chi connectivity index (χ4n) is 1.49. The van der Waals surface area contributed by atoms with Gasteiger partial charge in [-0.2, -0.15) is 0 Å². The SMILES string of the molecule is CCCCc1ccccc1C(=O)OC(C)=O. The van der Waals surface area contributed by atoms with Gasteiger partial charge in [0.2, 0.25) is 0 Å². The molecule has 3 nitrogen and oxygen atoms in total. The Morgan fingerprint density at radius 3 is 2.56 bits per heavy atom. The van der Waals surface area contributed by atoms with Gasteiger partial charge < -0.3 is 4.74 Å². The van der Waals surface area contributed by atoms with E-state index in [0.717, 1.165) is 24.8 Å². The van der Waals surface area contributed by atoms with E-state index in [1.165, 1.54) is 6.92 Å². The quantitative estimate of drug-likeness (QED) is 0.578. The summed E-state index contributed by atoms with van der Waals surface area (Å²) in [7, 11) is 0. The Morgan fingerprint density at radius 2 is 1.94 bits per heavy atom. The van der Waals surface area contributed by atoms with E-state index in [4.69, 9.17) is 0 Å². The number of ether oxygens (including phenoxy) is 1. The van der Waals surface area contributed by atoms with E-state index < -0.39 is 11.9 Å². The molecule has 0 spiro atoms. The van der Waals surface area contributed by atoms with Gasteiger partial charge in [-0.25, -0.2) is 4.79 Å². The number of aryl methyl sites for hydroxylation is 1. The van der Waals surface area contributed by atoms with Crippen molar-refractivity contribution in [2.24, 2.45) is 0 Å². The van der Waals surface area contributed by atoms with Crippen molar-refractivity contribution in [1.29, 1.82) is 0 Å². The second kappa shape index (κ2) is 6.05. The summed E-state index contributed by atoms with van der Waals surface area (Å²) >= 11 is 0. The Kier molecular flexibility index (Phi) is 4.70. The molecule has 0 radical (unpaired) electrons. The molecule has 0 atom stereocenters. The molecule has 0 unspecified atom stereocenters. The molecule has 16 heavy (non-hydrogen) atoms. The van der Waals surface area contributed by atoms with Gasteiger partial charge in [-0.1, -0.05) is 31.5 Å². The topological polar surface area (TPSA) is 43.4 Å². The summed E-state index contributed by atoms with van der Waals surface area (Å²) in [4.78, 5) is 22.3. The molecular weight excluding hydrogens is 204 g/mol. The van der Waals surface area contributed by atoms with Crippen LogP contribution in [-0.4, -0.2) is 11.9 Å². The number of carbonyl (C=O) groups excluding carboxylic acids is 2. The van der Waals surface area contributed by atoms with Gasteiger partial charge in [0.25, 0.3) is 0 Å². The molecule has 0 aliphatic heterocycles. The van der Waals surface area contributed by atoms with Gasteiger partial charge in [-0.05, 0) is 24.5 Å². The van der Waals surface area contributed by atoms with Crippen LogP contribution in [0.15, 0.2) is 24.3 Å². The summed E-state index contributed by atoms with van der Waals surface area (Å²) in [5.41, 5.74) is 1.43. The van der Waals surface area contributed by atoms with Gasteiger partial charge in [0, 0.05) is 6.92 Å². The Morgan fingerprint density at radius 1 is 1.25 bits per heavy atom. The zero-order chi connectivity index (χ0) is 12.0. The molecule has 1 aromatic carbocycles. The fourth-order valence-corrected chi connectivity index (χ4v) is 1.49. The molecule has 0 saturated heterocycles. The van der Waals surface area contributed by atoms with Gasteiger partial charge in [0.15, 0.2) is 0 Å². The molecule has 0 heterocycles. The Balaban J connectivity index is 2.85. The van der Waals surface area contributed by atoms with Crippen molar-refractivity contribution in [3.05, 3.63) is 35.4 Å². The predicted molar refractivity (Wildman–Crippen MR) is 61.2 cm³/mol. The number of carbonyl (C=O) groups is 2. The monoisotopic (exact) mass is 220 g/mol. The second-order valence-electron chi connectivity index (χ2n) is 3.64. The van der Waals surface area contributed by atoms with Crippen LogP contribution >= 0.6 is 0 Å². The van der Waals surface area contributed by atoms with Crippen LogP contribution in [0.3, 0.4) is 0 Å². The number of esters is 2. The lowest BCUT2D eigenvalue weighted by molar-refractivity contribution is -0.135. The van der Waals surface area contributed by atoms with E-state index in [0.29, 0.717) is 5.56 Å². The molecule has 0 amide bonds. The van der Waals surface area contributed by atoms with Gasteiger partial charge >= 0.3 is 11.9 Å². The highest BCUT2D eigenvalue weighted by Crippen LogP contribution is 2.13. The van der Waals surface area contributed by atoms with Gasteiger partial charge in [0.05, 0.1) is 5.56 Å². The predicted octanol–water partition coefficient (Wildman–Crippen LogP) is 2.73. The van der Waals surface area contributed by atoms with Crippen LogP contribution in [0, 0.1) is 0 Å². The van der Waals surface area contributed by atoms with Crippen LogP contribution in [0.1, 0.15) is 42.6 Å². The highest BCUT2D eigenvalue weighted by molar-refractivity contribution is 5.97. The lowest BCUT2D eigenvalue weighted by atomic mass is 10.0. The van der Waals surface area contributed by atoms with Crippen LogP contribution in [0.4, 0.5) is 0 Å². The molecular formula is C13H16O3. The van der Waals surface area contributed by atoms with Gasteiger partial charge in [-0.15, -0.1) is 0 Å². The van der Waals surface area contributed by atoms with E-state index in [9.17, 15) is 9.59 Å². The highest BCUT2D eigenvalue weighted by atomic mass is 16.6. The maximum Gasteiger partial charge on any atom is 0.346 e. The van der Waals surface area contributed by atoms with Crippen molar-refractivity contribution in [2.45, 2.75) is 33.1 Å². The van der Waals surface area contributed by atoms with Gasteiger partial charge in [0.1, 0.15) is 0 Å². The molecule has 0 fully saturated rings. The first-order valence-corrected chi connectivity index (χ1v) is 5.45. The van der Waals surface area contributed by atoms with Gasteiger partial charge in [-0.3, -0.25) is 4.79 Å². The number of unbranched alkanes of at least 4 members (excludes halogenated alkanes) is 1. The first-order valence-electron chi connectivity index (χ1n) is 5.45. The molecule has 3 heteroatoms. The highest BCUT2D eigenvalue weighted by Gasteiger charge is 2.13. The first-order chi connectivity index (χ1) is 7.65. The third-order valence-corrected chi connectivity index (χ3v) is 2.27. The molecule has 0 aliphatic carbocycles. The summed E-state index contributed by atoms with van der Waals surface area (Å²) in [6.45, 7) is 3.32. The normalized spacial score (nSPS) is 9.88. The Labute approximate surface area is 95.4 Å². The minimum Gasteiger partial charge on any atom is -0.390 e. The smallest absolute Gasteiger partial charge is 0.346 e. The minimum atomic E-state index is -0.574. The lowest BCUT2D eigenvalue weighted by Gasteiger charge is -2.06. The Bertz CT molecular complexity index is 383. The van der Waals surface area contributed by atoms with Crippen molar-refractivity contribution in [2.75, 3.05) is 0 Å². The number of rotatable bonds is 4. The van der Waals surface area contributed by atoms with Crippen molar-refractivity contribution in [3.63, 3.8) is 0 Å². The summed E-state index contributed by atoms with van der Waals surface area (Å²) in [5.74, 6) is -1.13. The fraction of sp³-hybridized carbons (Fsp3) is 0.385. The molecule has 0 N–H and O–H groups in total. The maximum atomic E-state index is 11.6. The average Bonchev–Trinajstić information content (AvgIpc) is 2.25. The number of hydrogen-bond acceptors (Lipinski definition) is 3. The Hall–Kier alpha value is -1.64. The summed E-state index contributed by atoms with van der Waals surface area (Å²) in [6.07, 6.45) is 2.92. The van der Waals surface area contributed by atoms with E-state index in [1.54, 1.807) is 12.1 Å². The molecule has 86 valence electrons. The zero-order valence-electron chi connectivity index (χ0n) is 9.66. The number of hydrogen-bond donors (Lipinski definition) is 0. The molecule has 0 aromatic heterocycles. The van der Waals surface area contributed by atoms with Crippen LogP contribution in [0.25, 0.3) is 0 Å². The third kappa shape index (κ3) is 3.50. The van der Waals surface area contributed by atoms with E-state index in [-0.39, 0.29) is 0 Å². The molecule has 1 rings (SSSR count). The van der Waals surface area contributed by atoms with Crippen LogP contribution in [-0.2, 0) is 16.0 Å². The maximum absolute atomic E-state index is 11.6. The molecule has 0 aliphatic rings. The minimum absolute atomic E-state index is 0.492. The average molecular weight is 220 g/mol. The van der Waals surface area contributed by atoms with Crippen LogP contribution in [0.2, 0.25) is 0 Å². The second-order valence-corrected chi connectivity index (χ2v) is 3.64. The largest absolute Gasteiger partial charge is 0.390 e. The van der Waals surface area contributed by atoms with E-state index in [2.05, 4.69) is 11.7 Å². The first kappa shape index (κ1) is 12.4. The van der Waals surface area contributed by atoms with Crippen LogP contribution in [0.5, 0.6) is 0 Å². The van der Waals surface area contributed by atoms with Crippen molar-refractivity contribution in [1.82, 2.24) is 0 Å². The number of benzene rings is 1. The van der Waals surface area contributed by atoms with Crippen molar-refractivity contribution in [3.8, 4) is 0 Å². The third-order valence-electron chi connectivity index (χ3n) is 2.27. The molecule has 1 aromatic rings. The standard InChI is InChI=1S/C13H16O3/c1-3-4-7-11-8-5-6-9-12(11)13(15)16-10(2)14/h5-6,8-9H,3-4,7H2,1-2H3. The summed E-state index contributed by atoms with van der Waals surface area (Å²) < 4.78 is 4.58. The van der Waals surface area contributed by atoms with Crippen molar-refractivity contribution >= 4 is 11.9 Å². The molecule has 0 saturated carbocycles. The zero-order valence-corrected chi connectivity index (χ0v) is 9.66. The lowest BCUT2D eigenvalue weighted by Crippen LogP contribution is -2.11.